The Balaban J connectivity index is 2.04. The molecule has 0 aliphatic heterocycles. The average molecular weight is 247 g/mol. The third-order valence-electron chi connectivity index (χ3n) is 2.98. The van der Waals surface area contributed by atoms with Gasteiger partial charge in [-0.25, -0.2) is 0 Å². The Hall–Kier alpha value is -1.62. The number of aryl methyl sites for hydroxylation is 2. The standard InChI is InChI=1S/C13H21N5/c1-4-12-6-13(17(3)16-12)10-18-9-11(8-15-18)7-14-5-2/h6,8-9,14H,4-5,7,10H2,1-3H3. The van der Waals surface area contributed by atoms with Crippen molar-refractivity contribution in [1.82, 2.24) is 24.9 Å². The third-order valence-corrected chi connectivity index (χ3v) is 2.98. The van der Waals surface area contributed by atoms with E-state index in [-0.39, 0.29) is 0 Å². The van der Waals surface area contributed by atoms with Gasteiger partial charge in [0.1, 0.15) is 0 Å². The van der Waals surface area contributed by atoms with Crippen molar-refractivity contribution >= 4 is 0 Å². The molecule has 98 valence electrons. The van der Waals surface area contributed by atoms with Crippen LogP contribution in [0, 0.1) is 0 Å². The van der Waals surface area contributed by atoms with E-state index in [1.807, 2.05) is 22.6 Å². The third kappa shape index (κ3) is 2.98. The number of hydrogen-bond donors (Lipinski definition) is 1. The molecular formula is C13H21N5. The van der Waals surface area contributed by atoms with Crippen LogP contribution in [0.2, 0.25) is 0 Å². The summed E-state index contributed by atoms with van der Waals surface area (Å²) in [6.07, 6.45) is 4.97. The fourth-order valence-corrected chi connectivity index (χ4v) is 1.91. The van der Waals surface area contributed by atoms with E-state index in [4.69, 9.17) is 0 Å². The normalized spacial score (nSPS) is 11.1. The highest BCUT2D eigenvalue weighted by Crippen LogP contribution is 2.07. The molecule has 5 nitrogen and oxygen atoms in total. The van der Waals surface area contributed by atoms with E-state index < -0.39 is 0 Å². The summed E-state index contributed by atoms with van der Waals surface area (Å²) < 4.78 is 3.90. The first-order chi connectivity index (χ1) is 8.72. The molecular weight excluding hydrogens is 226 g/mol. The van der Waals surface area contributed by atoms with E-state index in [2.05, 4.69) is 41.6 Å². The van der Waals surface area contributed by atoms with Crippen molar-refractivity contribution < 1.29 is 0 Å². The maximum Gasteiger partial charge on any atom is 0.0828 e. The van der Waals surface area contributed by atoms with Gasteiger partial charge in [-0.05, 0) is 19.0 Å². The highest BCUT2D eigenvalue weighted by molar-refractivity contribution is 5.11. The number of nitrogens with one attached hydrogen (secondary N) is 1. The van der Waals surface area contributed by atoms with E-state index in [0.29, 0.717) is 0 Å². The zero-order valence-electron chi connectivity index (χ0n) is 11.3. The number of aromatic nitrogens is 4. The molecule has 0 aliphatic rings. The molecule has 0 spiro atoms. The second-order valence-electron chi connectivity index (χ2n) is 4.43. The van der Waals surface area contributed by atoms with Crippen LogP contribution in [0.25, 0.3) is 0 Å². The summed E-state index contributed by atoms with van der Waals surface area (Å²) in [5.74, 6) is 0. The van der Waals surface area contributed by atoms with Gasteiger partial charge >= 0.3 is 0 Å². The second-order valence-corrected chi connectivity index (χ2v) is 4.43. The van der Waals surface area contributed by atoms with Crippen LogP contribution >= 0.6 is 0 Å². The van der Waals surface area contributed by atoms with Gasteiger partial charge in [-0.3, -0.25) is 9.36 Å². The number of hydrogen-bond acceptors (Lipinski definition) is 3. The maximum atomic E-state index is 4.44. The minimum Gasteiger partial charge on any atom is -0.313 e. The fraction of sp³-hybridized carbons (Fsp3) is 0.538. The van der Waals surface area contributed by atoms with Gasteiger partial charge in [0.05, 0.1) is 24.1 Å². The van der Waals surface area contributed by atoms with E-state index in [1.54, 1.807) is 0 Å². The van der Waals surface area contributed by atoms with Crippen LogP contribution in [-0.2, 0) is 26.6 Å². The Labute approximate surface area is 108 Å². The van der Waals surface area contributed by atoms with Crippen molar-refractivity contribution in [3.8, 4) is 0 Å². The van der Waals surface area contributed by atoms with Crippen molar-refractivity contribution in [3.63, 3.8) is 0 Å². The zero-order chi connectivity index (χ0) is 13.0. The van der Waals surface area contributed by atoms with E-state index in [9.17, 15) is 0 Å². The van der Waals surface area contributed by atoms with Crippen LogP contribution in [0.3, 0.4) is 0 Å². The molecule has 2 aromatic rings. The summed E-state index contributed by atoms with van der Waals surface area (Å²) in [7, 11) is 1.98. The van der Waals surface area contributed by atoms with Crippen LogP contribution in [0.5, 0.6) is 0 Å². The summed E-state index contributed by atoms with van der Waals surface area (Å²) >= 11 is 0. The number of nitrogens with zero attached hydrogens (tertiary/aromatic N) is 4. The van der Waals surface area contributed by atoms with Crippen LogP contribution in [0.4, 0.5) is 0 Å². The maximum absolute atomic E-state index is 4.44. The van der Waals surface area contributed by atoms with E-state index in [0.717, 1.165) is 31.7 Å². The molecule has 0 radical (unpaired) electrons. The molecule has 5 heteroatoms. The minimum absolute atomic E-state index is 0.773. The van der Waals surface area contributed by atoms with E-state index >= 15 is 0 Å². The van der Waals surface area contributed by atoms with Gasteiger partial charge in [-0.15, -0.1) is 0 Å². The molecule has 0 saturated heterocycles. The van der Waals surface area contributed by atoms with Crippen LogP contribution < -0.4 is 5.32 Å². The Kier molecular flexibility index (Phi) is 4.15. The molecule has 1 N–H and O–H groups in total. The molecule has 18 heavy (non-hydrogen) atoms. The monoisotopic (exact) mass is 247 g/mol. The second kappa shape index (κ2) is 5.82. The molecule has 0 aromatic carbocycles. The first-order valence-electron chi connectivity index (χ1n) is 6.46. The lowest BCUT2D eigenvalue weighted by atomic mass is 10.3. The largest absolute Gasteiger partial charge is 0.313 e. The summed E-state index contributed by atoms with van der Waals surface area (Å²) in [6, 6.07) is 2.14. The SMILES string of the molecule is CCNCc1cnn(Cc2cc(CC)nn2C)c1. The topological polar surface area (TPSA) is 47.7 Å². The summed E-state index contributed by atoms with van der Waals surface area (Å²) in [5.41, 5.74) is 3.53. The van der Waals surface area contributed by atoms with Gasteiger partial charge in [0.25, 0.3) is 0 Å². The smallest absolute Gasteiger partial charge is 0.0828 e. The first-order valence-corrected chi connectivity index (χ1v) is 6.46. The van der Waals surface area contributed by atoms with Gasteiger partial charge in [0.15, 0.2) is 0 Å². The molecule has 0 amide bonds. The summed E-state index contributed by atoms with van der Waals surface area (Å²) in [4.78, 5) is 0. The highest BCUT2D eigenvalue weighted by Gasteiger charge is 2.05. The molecule has 2 rings (SSSR count). The first kappa shape index (κ1) is 12.8. The fourth-order valence-electron chi connectivity index (χ4n) is 1.91. The highest BCUT2D eigenvalue weighted by atomic mass is 15.3. The van der Waals surface area contributed by atoms with Gasteiger partial charge in [-0.2, -0.15) is 10.2 Å². The number of rotatable bonds is 6. The lowest BCUT2D eigenvalue weighted by Crippen LogP contribution is -2.11. The Bertz CT molecular complexity index is 497. The molecule has 0 aliphatic carbocycles. The molecule has 2 heterocycles. The molecule has 0 saturated carbocycles. The molecule has 2 aromatic heterocycles. The molecule has 0 unspecified atom stereocenters. The molecule has 0 bridgehead atoms. The van der Waals surface area contributed by atoms with Crippen LogP contribution in [0.15, 0.2) is 18.5 Å². The average Bonchev–Trinajstić information content (AvgIpc) is 2.95. The lowest BCUT2D eigenvalue weighted by Gasteiger charge is -2.01. The quantitative estimate of drug-likeness (QED) is 0.838. The lowest BCUT2D eigenvalue weighted by molar-refractivity contribution is 0.616. The van der Waals surface area contributed by atoms with Crippen molar-refractivity contribution in [2.45, 2.75) is 33.4 Å². The molecule has 0 fully saturated rings. The zero-order valence-corrected chi connectivity index (χ0v) is 11.3. The Morgan fingerprint density at radius 1 is 1.33 bits per heavy atom. The van der Waals surface area contributed by atoms with Crippen molar-refractivity contribution in [2.24, 2.45) is 7.05 Å². The van der Waals surface area contributed by atoms with Crippen LogP contribution in [-0.4, -0.2) is 26.1 Å². The van der Waals surface area contributed by atoms with Crippen LogP contribution in [0.1, 0.15) is 30.8 Å². The van der Waals surface area contributed by atoms with Gasteiger partial charge in [-0.1, -0.05) is 13.8 Å². The summed E-state index contributed by atoms with van der Waals surface area (Å²) in [5, 5.41) is 12.1. The van der Waals surface area contributed by atoms with Crippen molar-refractivity contribution in [1.29, 1.82) is 0 Å². The van der Waals surface area contributed by atoms with Gasteiger partial charge in [0, 0.05) is 25.4 Å². The Morgan fingerprint density at radius 3 is 2.83 bits per heavy atom. The minimum atomic E-state index is 0.773. The Morgan fingerprint density at radius 2 is 2.17 bits per heavy atom. The predicted molar refractivity (Wildman–Crippen MR) is 71.3 cm³/mol. The molecule has 0 atom stereocenters. The van der Waals surface area contributed by atoms with Gasteiger partial charge in [0.2, 0.25) is 0 Å². The predicted octanol–water partition coefficient (Wildman–Crippen LogP) is 1.34. The van der Waals surface area contributed by atoms with Crippen molar-refractivity contribution in [3.05, 3.63) is 35.4 Å². The van der Waals surface area contributed by atoms with E-state index in [1.165, 1.54) is 11.3 Å². The van der Waals surface area contributed by atoms with Gasteiger partial charge < -0.3 is 5.32 Å². The van der Waals surface area contributed by atoms with Crippen molar-refractivity contribution in [2.75, 3.05) is 6.54 Å². The summed E-state index contributed by atoms with van der Waals surface area (Å²) in [6.45, 7) is 6.85.